The first-order valence-electron chi connectivity index (χ1n) is 8.47. The maximum atomic E-state index is 14.2. The Morgan fingerprint density at radius 1 is 1.31 bits per heavy atom. The van der Waals surface area contributed by atoms with Gasteiger partial charge >= 0.3 is 0 Å². The summed E-state index contributed by atoms with van der Waals surface area (Å²) in [7, 11) is 0. The van der Waals surface area contributed by atoms with Crippen LogP contribution in [0.25, 0.3) is 0 Å². The summed E-state index contributed by atoms with van der Waals surface area (Å²) >= 11 is 0. The minimum absolute atomic E-state index is 0.129. The molecule has 1 fully saturated rings. The maximum absolute atomic E-state index is 14.2. The van der Waals surface area contributed by atoms with Gasteiger partial charge in [-0.25, -0.2) is 18.7 Å². The molecule has 8 heteroatoms. The molecular formula is C18H20F2N4O2. The average Bonchev–Trinajstić information content (AvgIpc) is 2.58. The number of carbonyl (C=O) groups is 1. The molecule has 3 rings (SSSR count). The molecular weight excluding hydrogens is 342 g/mol. The van der Waals surface area contributed by atoms with Crippen molar-refractivity contribution in [1.29, 1.82) is 0 Å². The third-order valence-electron chi connectivity index (χ3n) is 4.45. The monoisotopic (exact) mass is 362 g/mol. The van der Waals surface area contributed by atoms with Gasteiger partial charge in [-0.1, -0.05) is 6.07 Å². The lowest BCUT2D eigenvalue weighted by Crippen LogP contribution is -2.41. The van der Waals surface area contributed by atoms with E-state index in [9.17, 15) is 18.7 Å². The number of carbonyl (C=O) groups excluding carboxylic acids is 1. The van der Waals surface area contributed by atoms with Crippen LogP contribution < -0.4 is 10.6 Å². The second kappa shape index (κ2) is 7.74. The summed E-state index contributed by atoms with van der Waals surface area (Å²) in [6, 6.07) is 2.60. The molecule has 1 aromatic carbocycles. The summed E-state index contributed by atoms with van der Waals surface area (Å²) in [4.78, 5) is 20.6. The summed E-state index contributed by atoms with van der Waals surface area (Å²) in [5.41, 5.74) is 0.431. The van der Waals surface area contributed by atoms with Gasteiger partial charge in [0.1, 0.15) is 11.6 Å². The van der Waals surface area contributed by atoms with Crippen molar-refractivity contribution in [3.8, 4) is 0 Å². The molecule has 0 spiro atoms. The fraction of sp³-hybridized carbons (Fsp3) is 0.389. The minimum Gasteiger partial charge on any atom is -0.393 e. The van der Waals surface area contributed by atoms with E-state index in [0.717, 1.165) is 12.1 Å². The Balaban J connectivity index is 1.80. The van der Waals surface area contributed by atoms with E-state index in [4.69, 9.17) is 0 Å². The van der Waals surface area contributed by atoms with E-state index in [1.54, 1.807) is 0 Å². The number of aromatic nitrogens is 2. The summed E-state index contributed by atoms with van der Waals surface area (Å²) in [5, 5.41) is 15.3. The van der Waals surface area contributed by atoms with Crippen LogP contribution in [0, 0.1) is 17.6 Å². The van der Waals surface area contributed by atoms with E-state index in [2.05, 4.69) is 20.6 Å². The molecule has 0 radical (unpaired) electrons. The van der Waals surface area contributed by atoms with Crippen molar-refractivity contribution in [1.82, 2.24) is 15.3 Å². The Hall–Kier alpha value is -2.61. The SMILES string of the molecule is CCNc1ncc(C(=O)N[C@@H](c2ccc(F)cc2F)C2CC(O)C2)cn1. The highest BCUT2D eigenvalue weighted by Crippen LogP contribution is 2.39. The second-order valence-electron chi connectivity index (χ2n) is 6.33. The van der Waals surface area contributed by atoms with Crippen molar-refractivity contribution in [3.05, 3.63) is 53.4 Å². The lowest BCUT2D eigenvalue weighted by atomic mass is 9.75. The number of hydrogen-bond acceptors (Lipinski definition) is 5. The quantitative estimate of drug-likeness (QED) is 0.735. The largest absolute Gasteiger partial charge is 0.393 e. The van der Waals surface area contributed by atoms with E-state index < -0.39 is 29.7 Å². The summed E-state index contributed by atoms with van der Waals surface area (Å²) in [5.74, 6) is -1.58. The lowest BCUT2D eigenvalue weighted by molar-refractivity contribution is 0.0229. The highest BCUT2D eigenvalue weighted by Gasteiger charge is 2.37. The fourth-order valence-corrected chi connectivity index (χ4v) is 3.02. The molecule has 26 heavy (non-hydrogen) atoms. The van der Waals surface area contributed by atoms with Crippen LogP contribution in [0.3, 0.4) is 0 Å². The Bertz CT molecular complexity index is 779. The molecule has 1 atom stereocenters. The molecule has 0 aliphatic heterocycles. The highest BCUT2D eigenvalue weighted by atomic mass is 19.1. The van der Waals surface area contributed by atoms with E-state index in [1.165, 1.54) is 18.5 Å². The molecule has 0 unspecified atom stereocenters. The number of anilines is 1. The van der Waals surface area contributed by atoms with Crippen molar-refractivity contribution < 1.29 is 18.7 Å². The number of aliphatic hydroxyl groups is 1. The summed E-state index contributed by atoms with van der Waals surface area (Å²) < 4.78 is 27.4. The fourth-order valence-electron chi connectivity index (χ4n) is 3.02. The Morgan fingerprint density at radius 2 is 2.00 bits per heavy atom. The van der Waals surface area contributed by atoms with E-state index in [1.807, 2.05) is 6.92 Å². The van der Waals surface area contributed by atoms with Gasteiger partial charge in [-0.2, -0.15) is 0 Å². The number of benzene rings is 1. The van der Waals surface area contributed by atoms with Gasteiger partial charge in [-0.15, -0.1) is 0 Å². The first kappa shape index (κ1) is 18.2. The van der Waals surface area contributed by atoms with Gasteiger partial charge in [-0.05, 0) is 31.7 Å². The number of halogens is 2. The third-order valence-corrected chi connectivity index (χ3v) is 4.45. The zero-order valence-electron chi connectivity index (χ0n) is 14.2. The molecule has 1 saturated carbocycles. The second-order valence-corrected chi connectivity index (χ2v) is 6.33. The lowest BCUT2D eigenvalue weighted by Gasteiger charge is -2.38. The standard InChI is InChI=1S/C18H20F2N4O2/c1-2-21-18-22-8-11(9-23-18)17(26)24-16(10-5-13(25)6-10)14-4-3-12(19)7-15(14)20/h3-4,7-10,13,16,25H,2,5-6H2,1H3,(H,24,26)(H,21,22,23)/t10?,13?,16-/m1/s1. The molecule has 1 aliphatic carbocycles. The normalized spacial score (nSPS) is 20.2. The zero-order valence-corrected chi connectivity index (χ0v) is 14.2. The molecule has 3 N–H and O–H groups in total. The minimum atomic E-state index is -0.726. The van der Waals surface area contributed by atoms with Gasteiger partial charge < -0.3 is 15.7 Å². The van der Waals surface area contributed by atoms with Crippen molar-refractivity contribution in [3.63, 3.8) is 0 Å². The third kappa shape index (κ3) is 3.96. The van der Waals surface area contributed by atoms with Crippen molar-refractivity contribution in [2.75, 3.05) is 11.9 Å². The van der Waals surface area contributed by atoms with E-state index in [-0.39, 0.29) is 17.0 Å². The van der Waals surface area contributed by atoms with Crippen molar-refractivity contribution in [2.24, 2.45) is 5.92 Å². The molecule has 0 saturated heterocycles. The number of hydrogen-bond donors (Lipinski definition) is 3. The van der Waals surface area contributed by atoms with Crippen LogP contribution in [0.5, 0.6) is 0 Å². The molecule has 0 bridgehead atoms. The molecule has 1 amide bonds. The summed E-state index contributed by atoms with van der Waals surface area (Å²) in [6.45, 7) is 2.56. The highest BCUT2D eigenvalue weighted by molar-refractivity contribution is 5.94. The topological polar surface area (TPSA) is 87.1 Å². The first-order valence-corrected chi connectivity index (χ1v) is 8.47. The molecule has 1 heterocycles. The van der Waals surface area contributed by atoms with Crippen LogP contribution in [-0.4, -0.2) is 33.6 Å². The van der Waals surface area contributed by atoms with Crippen LogP contribution in [0.1, 0.15) is 41.7 Å². The van der Waals surface area contributed by atoms with Gasteiger partial charge in [0, 0.05) is 30.6 Å². The van der Waals surface area contributed by atoms with Gasteiger partial charge in [-0.3, -0.25) is 4.79 Å². The van der Waals surface area contributed by atoms with Gasteiger partial charge in [0.2, 0.25) is 5.95 Å². The predicted octanol–water partition coefficient (Wildman–Crippen LogP) is 2.43. The molecule has 1 aliphatic rings. The van der Waals surface area contributed by atoms with Gasteiger partial charge in [0.25, 0.3) is 5.91 Å². The number of nitrogens with zero attached hydrogens (tertiary/aromatic N) is 2. The number of aliphatic hydroxyl groups excluding tert-OH is 1. The Morgan fingerprint density at radius 3 is 2.58 bits per heavy atom. The van der Waals surface area contributed by atoms with Crippen molar-refractivity contribution >= 4 is 11.9 Å². The average molecular weight is 362 g/mol. The number of rotatable bonds is 6. The molecule has 2 aromatic rings. The van der Waals surface area contributed by atoms with Crippen LogP contribution in [0.2, 0.25) is 0 Å². The van der Waals surface area contributed by atoms with Crippen LogP contribution in [0.4, 0.5) is 14.7 Å². The van der Waals surface area contributed by atoms with Crippen molar-refractivity contribution in [2.45, 2.75) is 31.9 Å². The van der Waals surface area contributed by atoms with Gasteiger partial charge in [0.15, 0.2) is 0 Å². The smallest absolute Gasteiger partial charge is 0.254 e. The van der Waals surface area contributed by atoms with Crippen LogP contribution in [0.15, 0.2) is 30.6 Å². The summed E-state index contributed by atoms with van der Waals surface area (Å²) in [6.07, 6.45) is 3.18. The number of amides is 1. The Kier molecular flexibility index (Phi) is 5.41. The van der Waals surface area contributed by atoms with Crippen LogP contribution in [-0.2, 0) is 0 Å². The molecule has 6 nitrogen and oxygen atoms in total. The van der Waals surface area contributed by atoms with Crippen LogP contribution >= 0.6 is 0 Å². The maximum Gasteiger partial charge on any atom is 0.254 e. The van der Waals surface area contributed by atoms with E-state index >= 15 is 0 Å². The first-order chi connectivity index (χ1) is 12.5. The number of nitrogens with one attached hydrogen (secondary N) is 2. The Labute approximate surface area is 149 Å². The predicted molar refractivity (Wildman–Crippen MR) is 91.5 cm³/mol. The zero-order chi connectivity index (χ0) is 18.7. The molecule has 138 valence electrons. The molecule has 1 aromatic heterocycles. The van der Waals surface area contributed by atoms with Gasteiger partial charge in [0.05, 0.1) is 17.7 Å². The van der Waals surface area contributed by atoms with E-state index in [0.29, 0.717) is 25.3 Å².